The number of hydrogen-bond acceptors (Lipinski definition) is 7. The summed E-state index contributed by atoms with van der Waals surface area (Å²) >= 11 is 5.75. The lowest BCUT2D eigenvalue weighted by Crippen LogP contribution is -2.50. The van der Waals surface area contributed by atoms with Gasteiger partial charge in [0.05, 0.1) is 5.02 Å². The lowest BCUT2D eigenvalue weighted by molar-refractivity contribution is 0.0735. The number of anilines is 1. The highest BCUT2D eigenvalue weighted by Gasteiger charge is 2.42. The van der Waals surface area contributed by atoms with Crippen LogP contribution in [0.1, 0.15) is 22.5 Å². The molecule has 2 atom stereocenters. The Bertz CT molecular complexity index is 911. The topological polar surface area (TPSA) is 128 Å². The van der Waals surface area contributed by atoms with E-state index < -0.39 is 30.2 Å². The molecule has 1 aromatic carbocycles. The monoisotopic (exact) mass is 410 g/mol. The van der Waals surface area contributed by atoms with E-state index in [0.717, 1.165) is 6.07 Å². The fourth-order valence-corrected chi connectivity index (χ4v) is 2.97. The number of aliphatic imine (C=N–C) groups is 1. The highest BCUT2D eigenvalue weighted by molar-refractivity contribution is 6.30. The summed E-state index contributed by atoms with van der Waals surface area (Å²) in [7, 11) is 0. The van der Waals surface area contributed by atoms with Crippen LogP contribution in [0.3, 0.4) is 0 Å². The van der Waals surface area contributed by atoms with Gasteiger partial charge in [0.2, 0.25) is 0 Å². The van der Waals surface area contributed by atoms with Crippen LogP contribution < -0.4 is 22.3 Å². The Kier molecular flexibility index (Phi) is 5.73. The summed E-state index contributed by atoms with van der Waals surface area (Å²) in [4.78, 5) is 20.2. The first-order chi connectivity index (χ1) is 13.4. The van der Waals surface area contributed by atoms with Gasteiger partial charge < -0.3 is 15.8 Å². The third-order valence-electron chi connectivity index (χ3n) is 4.20. The number of amides is 1. The molecule has 8 nitrogen and oxygen atoms in total. The second kappa shape index (κ2) is 8.05. The number of carbonyl (C=O) groups is 1. The van der Waals surface area contributed by atoms with Crippen molar-refractivity contribution in [2.24, 2.45) is 16.6 Å². The first kappa shape index (κ1) is 19.9. The van der Waals surface area contributed by atoms with E-state index in [4.69, 9.17) is 27.9 Å². The number of aromatic nitrogens is 1. The van der Waals surface area contributed by atoms with Crippen LogP contribution in [-0.2, 0) is 10.3 Å². The Balaban J connectivity index is 1.93. The normalized spacial score (nSPS) is 21.6. The van der Waals surface area contributed by atoms with Crippen LogP contribution in [0.25, 0.3) is 0 Å². The average Bonchev–Trinajstić information content (AvgIpc) is 2.69. The van der Waals surface area contributed by atoms with Crippen molar-refractivity contribution in [2.75, 3.05) is 12.0 Å². The lowest BCUT2D eigenvalue weighted by Gasteiger charge is -2.35. The number of halogens is 3. The zero-order chi connectivity index (χ0) is 20.3. The standard InChI is InChI=1S/C17H17ClF2N6O2/c18-9-1-4-13(23-7-9)15(27)24-10-2-3-12(20)11(5-10)17(8-19)6-14(26-22)28-16(21)25-17/h1-5,7,14,26H,6,8,22H2,(H2,21,25)(H,24,27)/t14-,17-/m0/s1. The number of carbonyl (C=O) groups excluding carboxylic acids is 1. The number of nitrogens with zero attached hydrogens (tertiary/aromatic N) is 2. The maximum absolute atomic E-state index is 14.5. The minimum absolute atomic E-state index is 0.0941. The quantitative estimate of drug-likeness (QED) is 0.439. The first-order valence-corrected chi connectivity index (χ1v) is 8.51. The number of nitrogens with two attached hydrogens (primary N) is 2. The molecule has 0 unspecified atom stereocenters. The molecule has 0 saturated carbocycles. The third kappa shape index (κ3) is 4.03. The number of rotatable bonds is 5. The van der Waals surface area contributed by atoms with Crippen molar-refractivity contribution < 1.29 is 18.3 Å². The number of amidine groups is 1. The van der Waals surface area contributed by atoms with E-state index in [0.29, 0.717) is 5.02 Å². The number of ether oxygens (including phenoxy) is 1. The minimum Gasteiger partial charge on any atom is -0.445 e. The predicted molar refractivity (Wildman–Crippen MR) is 99.7 cm³/mol. The van der Waals surface area contributed by atoms with E-state index in [9.17, 15) is 13.6 Å². The van der Waals surface area contributed by atoms with Gasteiger partial charge in [0.1, 0.15) is 23.7 Å². The van der Waals surface area contributed by atoms with Gasteiger partial charge >= 0.3 is 0 Å². The molecule has 6 N–H and O–H groups in total. The van der Waals surface area contributed by atoms with Crippen LogP contribution in [-0.4, -0.2) is 29.8 Å². The molecule has 0 saturated heterocycles. The molecule has 0 radical (unpaired) electrons. The summed E-state index contributed by atoms with van der Waals surface area (Å²) in [6.45, 7) is -1.05. The largest absolute Gasteiger partial charge is 0.445 e. The number of hydrogen-bond donors (Lipinski definition) is 4. The zero-order valence-corrected chi connectivity index (χ0v) is 15.2. The van der Waals surface area contributed by atoms with E-state index in [1.165, 1.54) is 30.5 Å². The third-order valence-corrected chi connectivity index (χ3v) is 4.43. The Morgan fingerprint density at radius 3 is 2.82 bits per heavy atom. The smallest absolute Gasteiger partial charge is 0.284 e. The summed E-state index contributed by atoms with van der Waals surface area (Å²) in [6, 6.07) is 6.35. The molecule has 3 rings (SSSR count). The van der Waals surface area contributed by atoms with Crippen molar-refractivity contribution in [3.63, 3.8) is 0 Å². The molecule has 2 aromatic rings. The molecule has 2 heterocycles. The fraction of sp³-hybridized carbons (Fsp3) is 0.235. The van der Waals surface area contributed by atoms with Crippen LogP contribution in [0, 0.1) is 5.82 Å². The van der Waals surface area contributed by atoms with Gasteiger partial charge in [-0.15, -0.1) is 0 Å². The van der Waals surface area contributed by atoms with Gasteiger partial charge in [0.25, 0.3) is 11.9 Å². The molecule has 1 aliphatic rings. The molecule has 0 aliphatic carbocycles. The second-order valence-corrected chi connectivity index (χ2v) is 6.54. The highest BCUT2D eigenvalue weighted by Crippen LogP contribution is 2.37. The van der Waals surface area contributed by atoms with Gasteiger partial charge in [-0.3, -0.25) is 10.6 Å². The molecule has 0 spiro atoms. The van der Waals surface area contributed by atoms with E-state index in [2.05, 4.69) is 20.7 Å². The van der Waals surface area contributed by atoms with Gasteiger partial charge in [-0.2, -0.15) is 0 Å². The number of benzene rings is 1. The number of alkyl halides is 1. The Labute approximate surface area is 163 Å². The van der Waals surface area contributed by atoms with Crippen LogP contribution in [0.4, 0.5) is 14.5 Å². The average molecular weight is 411 g/mol. The van der Waals surface area contributed by atoms with E-state index >= 15 is 0 Å². The molecule has 0 bridgehead atoms. The molecule has 0 fully saturated rings. The molecule has 1 amide bonds. The molecule has 148 valence electrons. The maximum atomic E-state index is 14.5. The maximum Gasteiger partial charge on any atom is 0.284 e. The molecule has 1 aliphatic heterocycles. The summed E-state index contributed by atoms with van der Waals surface area (Å²) in [5.74, 6) is 4.10. The van der Waals surface area contributed by atoms with Crippen LogP contribution in [0.15, 0.2) is 41.5 Å². The van der Waals surface area contributed by atoms with Crippen LogP contribution in [0.2, 0.25) is 5.02 Å². The summed E-state index contributed by atoms with van der Waals surface area (Å²) in [5, 5.41) is 2.96. The van der Waals surface area contributed by atoms with Gasteiger partial charge in [0.15, 0.2) is 6.23 Å². The van der Waals surface area contributed by atoms with E-state index in [-0.39, 0.29) is 29.4 Å². The predicted octanol–water partition coefficient (Wildman–Crippen LogP) is 1.82. The van der Waals surface area contributed by atoms with Crippen molar-refractivity contribution in [2.45, 2.75) is 18.2 Å². The van der Waals surface area contributed by atoms with E-state index in [1.807, 2.05) is 0 Å². The SMILES string of the molecule is NN[C@@H]1C[C@](CF)(c2cc(NC(=O)c3ccc(Cl)cn3)ccc2F)N=C(N)O1. The van der Waals surface area contributed by atoms with Crippen molar-refractivity contribution in [3.8, 4) is 0 Å². The fourth-order valence-electron chi connectivity index (χ4n) is 2.86. The highest BCUT2D eigenvalue weighted by atomic mass is 35.5. The molecular formula is C17H17ClF2N6O2. The Morgan fingerprint density at radius 1 is 1.39 bits per heavy atom. The van der Waals surface area contributed by atoms with Crippen molar-refractivity contribution in [1.29, 1.82) is 0 Å². The number of hydrazine groups is 1. The Morgan fingerprint density at radius 2 is 2.18 bits per heavy atom. The molecule has 28 heavy (non-hydrogen) atoms. The van der Waals surface area contributed by atoms with Gasteiger partial charge in [-0.05, 0) is 30.3 Å². The summed E-state index contributed by atoms with van der Waals surface area (Å²) < 4.78 is 33.7. The molecule has 1 aromatic heterocycles. The Hall–Kier alpha value is -2.82. The van der Waals surface area contributed by atoms with Gasteiger partial charge in [-0.25, -0.2) is 24.2 Å². The van der Waals surface area contributed by atoms with Crippen LogP contribution >= 0.6 is 11.6 Å². The van der Waals surface area contributed by atoms with Gasteiger partial charge in [0, 0.05) is 23.9 Å². The zero-order valence-electron chi connectivity index (χ0n) is 14.5. The van der Waals surface area contributed by atoms with Crippen molar-refractivity contribution in [3.05, 3.63) is 58.6 Å². The second-order valence-electron chi connectivity index (χ2n) is 6.10. The first-order valence-electron chi connectivity index (χ1n) is 8.14. The van der Waals surface area contributed by atoms with E-state index in [1.54, 1.807) is 0 Å². The molecule has 11 heteroatoms. The van der Waals surface area contributed by atoms with Crippen molar-refractivity contribution in [1.82, 2.24) is 10.4 Å². The van der Waals surface area contributed by atoms with Gasteiger partial charge in [-0.1, -0.05) is 11.6 Å². The summed E-state index contributed by atoms with van der Waals surface area (Å²) in [5.41, 5.74) is 6.51. The summed E-state index contributed by atoms with van der Waals surface area (Å²) in [6.07, 6.45) is 0.363. The lowest BCUT2D eigenvalue weighted by atomic mass is 9.86. The van der Waals surface area contributed by atoms with Crippen molar-refractivity contribution >= 4 is 29.2 Å². The number of pyridine rings is 1. The van der Waals surface area contributed by atoms with Crippen LogP contribution in [0.5, 0.6) is 0 Å². The molecular weight excluding hydrogens is 394 g/mol. The number of nitrogens with one attached hydrogen (secondary N) is 2. The minimum atomic E-state index is -1.65.